The minimum absolute atomic E-state index is 0.274. The first-order valence-electron chi connectivity index (χ1n) is 11.0. The molecule has 0 bridgehead atoms. The fourth-order valence-electron chi connectivity index (χ4n) is 3.69. The summed E-state index contributed by atoms with van der Waals surface area (Å²) in [5, 5.41) is 0. The summed E-state index contributed by atoms with van der Waals surface area (Å²) in [5.74, 6) is 5.59. The lowest BCUT2D eigenvalue weighted by molar-refractivity contribution is 0.0612. The molecule has 0 aromatic heterocycles. The van der Waals surface area contributed by atoms with E-state index < -0.39 is 8.80 Å². The Hall–Kier alpha value is -2.76. The third kappa shape index (κ3) is 5.53. The van der Waals surface area contributed by atoms with Crippen LogP contribution in [0.2, 0.25) is 6.04 Å². The molecule has 0 saturated carbocycles. The quantitative estimate of drug-likeness (QED) is 0.309. The number of nitrogens with zero attached hydrogens (tertiary/aromatic N) is 1. The van der Waals surface area contributed by atoms with Crippen LogP contribution in [0.15, 0.2) is 48.5 Å². The zero-order valence-corrected chi connectivity index (χ0v) is 19.8. The van der Waals surface area contributed by atoms with Gasteiger partial charge in [0.15, 0.2) is 0 Å². The molecule has 0 fully saturated rings. The van der Waals surface area contributed by atoms with Crippen LogP contribution in [0.5, 0.6) is 0 Å². The second-order valence-corrected chi connectivity index (χ2v) is 9.96. The van der Waals surface area contributed by atoms with Crippen LogP contribution >= 0.6 is 0 Å². The Morgan fingerprint density at radius 1 is 0.781 bits per heavy atom. The van der Waals surface area contributed by atoms with Gasteiger partial charge in [-0.2, -0.15) is 0 Å². The first kappa shape index (κ1) is 23.9. The molecule has 7 heteroatoms. The van der Waals surface area contributed by atoms with Gasteiger partial charge in [-0.25, -0.2) is 0 Å². The molecule has 32 heavy (non-hydrogen) atoms. The Morgan fingerprint density at radius 3 is 2.00 bits per heavy atom. The highest BCUT2D eigenvalue weighted by Gasteiger charge is 2.41. The van der Waals surface area contributed by atoms with Gasteiger partial charge in [0.2, 0.25) is 0 Å². The van der Waals surface area contributed by atoms with Crippen LogP contribution in [-0.2, 0) is 13.3 Å². The Bertz CT molecular complexity index is 995. The molecule has 2 aromatic rings. The fraction of sp³-hybridized carbons (Fsp3) is 0.360. The van der Waals surface area contributed by atoms with Crippen molar-refractivity contribution in [1.29, 1.82) is 0 Å². The molecule has 6 nitrogen and oxygen atoms in total. The summed E-state index contributed by atoms with van der Waals surface area (Å²) >= 11 is 0. The average Bonchev–Trinajstić information content (AvgIpc) is 3.03. The first-order chi connectivity index (χ1) is 15.5. The molecule has 1 aliphatic rings. The van der Waals surface area contributed by atoms with Gasteiger partial charge < -0.3 is 13.3 Å². The molecule has 168 valence electrons. The molecule has 2 aromatic carbocycles. The summed E-state index contributed by atoms with van der Waals surface area (Å²) in [6.45, 7) is 7.48. The van der Waals surface area contributed by atoms with Crippen LogP contribution < -0.4 is 0 Å². The van der Waals surface area contributed by atoms with E-state index in [-0.39, 0.29) is 11.8 Å². The molecular formula is C25H29NO5Si. The van der Waals surface area contributed by atoms with E-state index in [1.54, 1.807) is 18.2 Å². The lowest BCUT2D eigenvalue weighted by Crippen LogP contribution is -2.46. The van der Waals surface area contributed by atoms with Gasteiger partial charge in [-0.3, -0.25) is 14.5 Å². The Morgan fingerprint density at radius 2 is 1.38 bits per heavy atom. The van der Waals surface area contributed by atoms with Gasteiger partial charge in [0.25, 0.3) is 11.8 Å². The molecule has 0 N–H and O–H groups in total. The normalized spacial score (nSPS) is 13.2. The first-order valence-corrected chi connectivity index (χ1v) is 13.0. The standard InChI is InChI=1S/C25H29NO5Si/c1-4-29-32(30-5-2,31-6-3)18-10-17-26-24(27)22-16-15-21(19-23(22)25(26)28)14-13-20-11-8-7-9-12-20/h7-9,11-12,15-16,19H,4-6,10,17-18H2,1-3H3. The Kier molecular flexibility index (Phi) is 8.37. The molecular weight excluding hydrogens is 422 g/mol. The second kappa shape index (κ2) is 11.2. The van der Waals surface area contributed by atoms with E-state index in [0.29, 0.717) is 55.5 Å². The van der Waals surface area contributed by atoms with E-state index >= 15 is 0 Å². The predicted octanol–water partition coefficient (Wildman–Crippen LogP) is 4.12. The number of carbonyl (C=O) groups is 2. The predicted molar refractivity (Wildman–Crippen MR) is 124 cm³/mol. The van der Waals surface area contributed by atoms with Crippen molar-refractivity contribution in [2.24, 2.45) is 0 Å². The van der Waals surface area contributed by atoms with E-state index in [0.717, 1.165) is 5.56 Å². The minimum Gasteiger partial charge on any atom is -0.374 e. The van der Waals surface area contributed by atoms with Crippen LogP contribution in [0.3, 0.4) is 0 Å². The zero-order chi connectivity index (χ0) is 23.0. The maximum Gasteiger partial charge on any atom is 0.500 e. The highest BCUT2D eigenvalue weighted by Crippen LogP contribution is 2.26. The van der Waals surface area contributed by atoms with Gasteiger partial charge in [0.1, 0.15) is 0 Å². The third-order valence-electron chi connectivity index (χ3n) is 5.05. The molecule has 0 spiro atoms. The van der Waals surface area contributed by atoms with Crippen LogP contribution in [0.1, 0.15) is 59.0 Å². The highest BCUT2D eigenvalue weighted by molar-refractivity contribution is 6.60. The molecule has 3 rings (SSSR count). The number of fused-ring (bicyclic) bond motifs is 1. The van der Waals surface area contributed by atoms with Crippen LogP contribution in [0, 0.1) is 11.8 Å². The third-order valence-corrected chi connectivity index (χ3v) is 8.20. The number of hydrogen-bond donors (Lipinski definition) is 0. The van der Waals surface area contributed by atoms with Crippen LogP contribution in [-0.4, -0.2) is 51.9 Å². The molecule has 2 amide bonds. The molecule has 1 aliphatic heterocycles. The maximum absolute atomic E-state index is 12.9. The van der Waals surface area contributed by atoms with Crippen molar-refractivity contribution >= 4 is 20.6 Å². The smallest absolute Gasteiger partial charge is 0.374 e. The Balaban J connectivity index is 1.69. The van der Waals surface area contributed by atoms with E-state index in [4.69, 9.17) is 13.3 Å². The molecule has 0 unspecified atom stereocenters. The number of carbonyl (C=O) groups excluding carboxylic acids is 2. The van der Waals surface area contributed by atoms with E-state index in [1.165, 1.54) is 4.90 Å². The zero-order valence-electron chi connectivity index (χ0n) is 18.8. The molecule has 0 atom stereocenters. The number of hydrogen-bond acceptors (Lipinski definition) is 5. The van der Waals surface area contributed by atoms with Gasteiger partial charge in [-0.1, -0.05) is 30.0 Å². The van der Waals surface area contributed by atoms with Gasteiger partial charge >= 0.3 is 8.80 Å². The highest BCUT2D eigenvalue weighted by atomic mass is 28.4. The van der Waals surface area contributed by atoms with Gasteiger partial charge in [-0.05, 0) is 57.5 Å². The minimum atomic E-state index is -2.81. The van der Waals surface area contributed by atoms with Crippen LogP contribution in [0.25, 0.3) is 0 Å². The summed E-state index contributed by atoms with van der Waals surface area (Å²) in [7, 11) is -2.81. The van der Waals surface area contributed by atoms with E-state index in [1.807, 2.05) is 51.1 Å². The second-order valence-electron chi connectivity index (χ2n) is 7.22. The van der Waals surface area contributed by atoms with Crippen molar-refractivity contribution in [1.82, 2.24) is 4.90 Å². The summed E-state index contributed by atoms with van der Waals surface area (Å²) in [5.41, 5.74) is 2.41. The molecule has 0 aliphatic carbocycles. The van der Waals surface area contributed by atoms with Gasteiger partial charge in [-0.15, -0.1) is 0 Å². The van der Waals surface area contributed by atoms with Gasteiger partial charge in [0, 0.05) is 43.5 Å². The van der Waals surface area contributed by atoms with E-state index in [9.17, 15) is 9.59 Å². The van der Waals surface area contributed by atoms with Crippen molar-refractivity contribution in [3.05, 3.63) is 70.8 Å². The molecule has 0 radical (unpaired) electrons. The topological polar surface area (TPSA) is 65.1 Å². The SMILES string of the molecule is CCO[Si](CCCN1C(=O)c2ccc(C#Cc3ccccc3)cc2C1=O)(OCC)OCC. The van der Waals surface area contributed by atoms with Crippen molar-refractivity contribution < 1.29 is 22.9 Å². The van der Waals surface area contributed by atoms with Gasteiger partial charge in [0.05, 0.1) is 11.1 Å². The number of rotatable bonds is 10. The summed E-state index contributed by atoms with van der Waals surface area (Å²) in [4.78, 5) is 27.1. The average molecular weight is 452 g/mol. The summed E-state index contributed by atoms with van der Waals surface area (Å²) < 4.78 is 17.6. The molecule has 0 saturated heterocycles. The lowest BCUT2D eigenvalue weighted by atomic mass is 10.1. The number of amides is 2. The summed E-state index contributed by atoms with van der Waals surface area (Å²) in [6, 6.07) is 15.3. The van der Waals surface area contributed by atoms with Crippen molar-refractivity contribution in [3.63, 3.8) is 0 Å². The van der Waals surface area contributed by atoms with E-state index in [2.05, 4.69) is 11.8 Å². The Labute approximate surface area is 190 Å². The van der Waals surface area contributed by atoms with Crippen molar-refractivity contribution in [3.8, 4) is 11.8 Å². The fourth-order valence-corrected chi connectivity index (χ4v) is 6.29. The monoisotopic (exact) mass is 451 g/mol. The lowest BCUT2D eigenvalue weighted by Gasteiger charge is -2.28. The number of imide groups is 1. The van der Waals surface area contributed by atoms with Crippen LogP contribution in [0.4, 0.5) is 0 Å². The molecule has 1 heterocycles. The largest absolute Gasteiger partial charge is 0.500 e. The maximum atomic E-state index is 12.9. The van der Waals surface area contributed by atoms with Crippen molar-refractivity contribution in [2.45, 2.75) is 33.2 Å². The summed E-state index contributed by atoms with van der Waals surface area (Å²) in [6.07, 6.45) is 0.554. The number of benzene rings is 2. The van der Waals surface area contributed by atoms with Crippen molar-refractivity contribution in [2.75, 3.05) is 26.4 Å².